The minimum absolute atomic E-state index is 0. The van der Waals surface area contributed by atoms with Gasteiger partial charge in [0.15, 0.2) is 0 Å². The molecule has 0 heterocycles. The number of hydrogen-bond acceptors (Lipinski definition) is 0. The van der Waals surface area contributed by atoms with Gasteiger partial charge < -0.3 is 0 Å². The summed E-state index contributed by atoms with van der Waals surface area (Å²) in [5.41, 5.74) is 4.24. The molecule has 0 aliphatic heterocycles. The fourth-order valence-electron chi connectivity index (χ4n) is 1.77. The van der Waals surface area contributed by atoms with Gasteiger partial charge >= 0.3 is 0 Å². The SMILES string of the molecule is Cc1cccc(C2C=CC=C2)c1C.[V]. The third-order valence-electron chi connectivity index (χ3n) is 2.75. The summed E-state index contributed by atoms with van der Waals surface area (Å²) in [7, 11) is 0. The van der Waals surface area contributed by atoms with Crippen LogP contribution in [0.3, 0.4) is 0 Å². The second kappa shape index (κ2) is 4.68. The van der Waals surface area contributed by atoms with Gasteiger partial charge in [-0.1, -0.05) is 42.5 Å². The summed E-state index contributed by atoms with van der Waals surface area (Å²) in [5.74, 6) is 0.500. The predicted octanol–water partition coefficient (Wildman–Crippen LogP) is 3.51. The zero-order chi connectivity index (χ0) is 9.26. The van der Waals surface area contributed by atoms with E-state index in [1.54, 1.807) is 0 Å². The van der Waals surface area contributed by atoms with Gasteiger partial charge in [0.25, 0.3) is 0 Å². The van der Waals surface area contributed by atoms with E-state index >= 15 is 0 Å². The Kier molecular flexibility index (Phi) is 3.80. The van der Waals surface area contributed by atoms with Crippen molar-refractivity contribution in [2.75, 3.05) is 0 Å². The van der Waals surface area contributed by atoms with E-state index in [0.717, 1.165) is 0 Å². The van der Waals surface area contributed by atoms with Crippen LogP contribution in [0.4, 0.5) is 0 Å². The quantitative estimate of drug-likeness (QED) is 0.680. The van der Waals surface area contributed by atoms with Gasteiger partial charge in [-0.05, 0) is 30.5 Å². The second-order valence-corrected chi connectivity index (χ2v) is 3.58. The molecule has 0 atom stereocenters. The Labute approximate surface area is 97.6 Å². The Balaban J connectivity index is 0.000000980. The first-order valence-corrected chi connectivity index (χ1v) is 4.70. The molecule has 14 heavy (non-hydrogen) atoms. The van der Waals surface area contributed by atoms with Crippen molar-refractivity contribution in [3.63, 3.8) is 0 Å². The van der Waals surface area contributed by atoms with Crippen molar-refractivity contribution in [2.45, 2.75) is 19.8 Å². The summed E-state index contributed by atoms with van der Waals surface area (Å²) in [6.45, 7) is 4.37. The Hall–Kier alpha value is -0.716. The molecule has 1 aliphatic carbocycles. The Morgan fingerprint density at radius 2 is 1.64 bits per heavy atom. The largest absolute Gasteiger partial charge is 0.0732 e. The maximum atomic E-state index is 2.24. The minimum Gasteiger partial charge on any atom is -0.0732 e. The van der Waals surface area contributed by atoms with Crippen molar-refractivity contribution in [1.82, 2.24) is 0 Å². The van der Waals surface area contributed by atoms with Gasteiger partial charge in [-0.3, -0.25) is 0 Å². The number of allylic oxidation sites excluding steroid dienone is 4. The van der Waals surface area contributed by atoms with E-state index in [9.17, 15) is 0 Å². The average molecular weight is 221 g/mol. The first-order chi connectivity index (χ1) is 6.29. The molecule has 0 fully saturated rings. The van der Waals surface area contributed by atoms with E-state index in [4.69, 9.17) is 0 Å². The molecule has 1 aliphatic rings. The minimum atomic E-state index is 0. The molecular weight excluding hydrogens is 207 g/mol. The summed E-state index contributed by atoms with van der Waals surface area (Å²) in [5, 5.41) is 0. The molecule has 0 N–H and O–H groups in total. The summed E-state index contributed by atoms with van der Waals surface area (Å²) in [6, 6.07) is 6.52. The Morgan fingerprint density at radius 1 is 1.00 bits per heavy atom. The summed E-state index contributed by atoms with van der Waals surface area (Å²) < 4.78 is 0. The van der Waals surface area contributed by atoms with Crippen molar-refractivity contribution in [2.24, 2.45) is 0 Å². The van der Waals surface area contributed by atoms with Crippen LogP contribution in [0.15, 0.2) is 42.5 Å². The van der Waals surface area contributed by atoms with E-state index in [2.05, 4.69) is 56.4 Å². The average Bonchev–Trinajstić information content (AvgIpc) is 2.62. The first kappa shape index (κ1) is 11.4. The van der Waals surface area contributed by atoms with Gasteiger partial charge in [-0.2, -0.15) is 0 Å². The van der Waals surface area contributed by atoms with Gasteiger partial charge in [0.2, 0.25) is 0 Å². The van der Waals surface area contributed by atoms with E-state index in [1.165, 1.54) is 16.7 Å². The summed E-state index contributed by atoms with van der Waals surface area (Å²) in [6.07, 6.45) is 8.71. The second-order valence-electron chi connectivity index (χ2n) is 3.58. The zero-order valence-corrected chi connectivity index (χ0v) is 9.96. The number of rotatable bonds is 1. The molecular formula is C13H14V. The molecule has 71 valence electrons. The van der Waals surface area contributed by atoms with E-state index < -0.39 is 0 Å². The normalized spacial score (nSPS) is 14.4. The van der Waals surface area contributed by atoms with Crippen LogP contribution in [0.2, 0.25) is 0 Å². The molecule has 1 aromatic rings. The maximum Gasteiger partial charge on any atom is 0.0207 e. The standard InChI is InChI=1S/C13H14.V/c1-10-6-5-9-13(11(10)2)12-7-3-4-8-12;/h3-9,12H,1-2H3;. The molecule has 0 saturated carbocycles. The Bertz CT molecular complexity index is 363. The van der Waals surface area contributed by atoms with Crippen LogP contribution >= 0.6 is 0 Å². The fourth-order valence-corrected chi connectivity index (χ4v) is 1.77. The van der Waals surface area contributed by atoms with Gasteiger partial charge in [-0.15, -0.1) is 0 Å². The van der Waals surface area contributed by atoms with Crippen LogP contribution in [-0.2, 0) is 18.6 Å². The summed E-state index contributed by atoms with van der Waals surface area (Å²) >= 11 is 0. The Morgan fingerprint density at radius 3 is 2.29 bits per heavy atom. The van der Waals surface area contributed by atoms with E-state index in [-0.39, 0.29) is 18.6 Å². The molecule has 0 spiro atoms. The van der Waals surface area contributed by atoms with Crippen molar-refractivity contribution in [3.05, 3.63) is 59.2 Å². The van der Waals surface area contributed by atoms with Crippen LogP contribution < -0.4 is 0 Å². The van der Waals surface area contributed by atoms with Crippen molar-refractivity contribution in [1.29, 1.82) is 0 Å². The van der Waals surface area contributed by atoms with Gasteiger partial charge in [0.05, 0.1) is 0 Å². The number of aryl methyl sites for hydroxylation is 1. The third kappa shape index (κ3) is 2.02. The van der Waals surface area contributed by atoms with Crippen molar-refractivity contribution >= 4 is 0 Å². The maximum absolute atomic E-state index is 2.24. The van der Waals surface area contributed by atoms with Crippen LogP contribution in [0.25, 0.3) is 0 Å². The van der Waals surface area contributed by atoms with E-state index in [1.807, 2.05) is 0 Å². The first-order valence-electron chi connectivity index (χ1n) is 4.70. The molecule has 0 aromatic heterocycles. The molecule has 1 radical (unpaired) electrons. The smallest absolute Gasteiger partial charge is 0.0207 e. The predicted molar refractivity (Wildman–Crippen MR) is 56.9 cm³/mol. The van der Waals surface area contributed by atoms with Gasteiger partial charge in [0, 0.05) is 24.5 Å². The monoisotopic (exact) mass is 221 g/mol. The third-order valence-corrected chi connectivity index (χ3v) is 2.75. The number of benzene rings is 1. The van der Waals surface area contributed by atoms with Crippen LogP contribution in [-0.4, -0.2) is 0 Å². The van der Waals surface area contributed by atoms with E-state index in [0.29, 0.717) is 5.92 Å². The van der Waals surface area contributed by atoms with Crippen LogP contribution in [0.5, 0.6) is 0 Å². The molecule has 1 heteroatoms. The van der Waals surface area contributed by atoms with Gasteiger partial charge in [0.1, 0.15) is 0 Å². The molecule has 0 saturated heterocycles. The van der Waals surface area contributed by atoms with Gasteiger partial charge in [-0.25, -0.2) is 0 Å². The zero-order valence-electron chi connectivity index (χ0n) is 8.57. The number of hydrogen-bond donors (Lipinski definition) is 0. The molecule has 0 nitrogen and oxygen atoms in total. The fraction of sp³-hybridized carbons (Fsp3) is 0.231. The van der Waals surface area contributed by atoms with Crippen LogP contribution in [0, 0.1) is 13.8 Å². The van der Waals surface area contributed by atoms with Crippen molar-refractivity contribution < 1.29 is 18.6 Å². The summed E-state index contributed by atoms with van der Waals surface area (Å²) in [4.78, 5) is 0. The van der Waals surface area contributed by atoms with Crippen LogP contribution in [0.1, 0.15) is 22.6 Å². The molecule has 2 rings (SSSR count). The topological polar surface area (TPSA) is 0 Å². The van der Waals surface area contributed by atoms with Crippen molar-refractivity contribution in [3.8, 4) is 0 Å². The molecule has 0 amide bonds. The molecule has 0 bridgehead atoms. The molecule has 0 unspecified atom stereocenters. The molecule has 1 aromatic carbocycles.